The van der Waals surface area contributed by atoms with E-state index in [1.165, 1.54) is 0 Å². The Morgan fingerprint density at radius 1 is 1.18 bits per heavy atom. The number of hydrogen-bond acceptors (Lipinski definition) is 3. The first-order valence-electron chi connectivity index (χ1n) is 5.95. The van der Waals surface area contributed by atoms with Crippen molar-refractivity contribution in [3.63, 3.8) is 0 Å². The van der Waals surface area contributed by atoms with E-state index in [0.717, 1.165) is 6.42 Å². The molecule has 0 unspecified atom stereocenters. The smallest absolute Gasteiger partial charge is 0.178 e. The molecule has 0 saturated heterocycles. The molecular weight excluding hydrogens is 236 g/mol. The summed E-state index contributed by atoms with van der Waals surface area (Å²) in [4.78, 5) is 0.377. The third kappa shape index (κ3) is 4.38. The second kappa shape index (κ2) is 6.05. The lowest BCUT2D eigenvalue weighted by Crippen LogP contribution is -2.08. The topological polar surface area (TPSA) is 43.4 Å². The highest BCUT2D eigenvalue weighted by Crippen LogP contribution is 2.18. The first kappa shape index (κ1) is 14.0. The van der Waals surface area contributed by atoms with Crippen LogP contribution in [0.3, 0.4) is 0 Å². The fourth-order valence-electron chi connectivity index (χ4n) is 1.45. The second-order valence-corrected chi connectivity index (χ2v) is 6.42. The van der Waals surface area contributed by atoms with Crippen molar-refractivity contribution in [2.45, 2.75) is 44.6 Å². The van der Waals surface area contributed by atoms with E-state index in [9.17, 15) is 8.42 Å². The fraction of sp³-hybridized carbons (Fsp3) is 0.538. The average Bonchev–Trinajstić information content (AvgIpc) is 2.26. The summed E-state index contributed by atoms with van der Waals surface area (Å²) in [6.45, 7) is 5.85. The molecule has 4 heteroatoms. The number of benzene rings is 1. The van der Waals surface area contributed by atoms with Gasteiger partial charge in [-0.3, -0.25) is 0 Å². The Labute approximate surface area is 104 Å². The van der Waals surface area contributed by atoms with Crippen LogP contribution < -0.4 is 4.74 Å². The molecule has 0 spiro atoms. The summed E-state index contributed by atoms with van der Waals surface area (Å²) in [5.74, 6) is 0.919. The lowest BCUT2D eigenvalue weighted by molar-refractivity contribution is 0.242. The van der Waals surface area contributed by atoms with Gasteiger partial charge in [0.05, 0.1) is 16.8 Å². The van der Waals surface area contributed by atoms with Crippen LogP contribution in [-0.4, -0.2) is 20.3 Å². The molecular formula is C13H20O3S. The van der Waals surface area contributed by atoms with Crippen molar-refractivity contribution >= 4 is 9.84 Å². The zero-order valence-electron chi connectivity index (χ0n) is 10.6. The molecule has 0 bridgehead atoms. The number of ether oxygens (including phenoxy) is 1. The molecule has 0 aliphatic heterocycles. The molecule has 96 valence electrons. The Morgan fingerprint density at radius 2 is 1.76 bits per heavy atom. The molecule has 0 heterocycles. The summed E-state index contributed by atoms with van der Waals surface area (Å²) in [7, 11) is -3.12. The Morgan fingerprint density at radius 3 is 2.24 bits per heavy atom. The van der Waals surface area contributed by atoms with Gasteiger partial charge >= 0.3 is 0 Å². The molecule has 0 amide bonds. The lowest BCUT2D eigenvalue weighted by Gasteiger charge is -2.10. The maximum Gasteiger partial charge on any atom is 0.178 e. The van der Waals surface area contributed by atoms with Gasteiger partial charge in [0.1, 0.15) is 5.75 Å². The van der Waals surface area contributed by atoms with Gasteiger partial charge in [0.15, 0.2) is 9.84 Å². The minimum absolute atomic E-state index is 0.0950. The molecule has 0 aliphatic carbocycles. The van der Waals surface area contributed by atoms with E-state index in [-0.39, 0.29) is 11.9 Å². The predicted octanol–water partition coefficient (Wildman–Crippen LogP) is 3.05. The van der Waals surface area contributed by atoms with E-state index in [0.29, 0.717) is 17.1 Å². The first-order valence-corrected chi connectivity index (χ1v) is 7.60. The highest BCUT2D eigenvalue weighted by Gasteiger charge is 2.13. The van der Waals surface area contributed by atoms with Gasteiger partial charge in [0, 0.05) is 0 Å². The Kier molecular flexibility index (Phi) is 5.00. The molecule has 3 nitrogen and oxygen atoms in total. The lowest BCUT2D eigenvalue weighted by atomic mass is 10.3. The van der Waals surface area contributed by atoms with Crippen LogP contribution in [0.2, 0.25) is 0 Å². The van der Waals surface area contributed by atoms with E-state index in [4.69, 9.17) is 4.74 Å². The van der Waals surface area contributed by atoms with Crippen molar-refractivity contribution in [1.29, 1.82) is 0 Å². The van der Waals surface area contributed by atoms with Crippen molar-refractivity contribution in [2.24, 2.45) is 0 Å². The molecule has 0 aromatic heterocycles. The van der Waals surface area contributed by atoms with Gasteiger partial charge in [0.2, 0.25) is 0 Å². The third-order valence-corrected chi connectivity index (χ3v) is 4.14. The summed E-state index contributed by atoms with van der Waals surface area (Å²) < 4.78 is 29.2. The highest BCUT2D eigenvalue weighted by molar-refractivity contribution is 7.91. The second-order valence-electron chi connectivity index (χ2n) is 4.31. The SMILES string of the molecule is CCCCS(=O)(=O)c1ccc(OC(C)C)cc1. The van der Waals surface area contributed by atoms with Gasteiger partial charge < -0.3 is 4.74 Å². The Balaban J connectivity index is 2.80. The quantitative estimate of drug-likeness (QED) is 0.785. The number of hydrogen-bond donors (Lipinski definition) is 0. The number of sulfone groups is 1. The predicted molar refractivity (Wildman–Crippen MR) is 69.2 cm³/mol. The zero-order chi connectivity index (χ0) is 12.9. The molecule has 1 aromatic carbocycles. The van der Waals surface area contributed by atoms with Crippen molar-refractivity contribution in [2.75, 3.05) is 5.75 Å². The maximum atomic E-state index is 11.9. The van der Waals surface area contributed by atoms with Crippen molar-refractivity contribution in [3.8, 4) is 5.75 Å². The van der Waals surface area contributed by atoms with Crippen LogP contribution in [0.4, 0.5) is 0 Å². The minimum atomic E-state index is -3.12. The molecule has 17 heavy (non-hydrogen) atoms. The van der Waals surface area contributed by atoms with Crippen molar-refractivity contribution in [3.05, 3.63) is 24.3 Å². The first-order chi connectivity index (χ1) is 7.95. The molecule has 1 aromatic rings. The summed E-state index contributed by atoms with van der Waals surface area (Å²) in [5.41, 5.74) is 0. The fourth-order valence-corrected chi connectivity index (χ4v) is 2.91. The molecule has 0 N–H and O–H groups in total. The van der Waals surface area contributed by atoms with E-state index in [1.54, 1.807) is 24.3 Å². The van der Waals surface area contributed by atoms with Crippen LogP contribution in [0.1, 0.15) is 33.6 Å². The van der Waals surface area contributed by atoms with Crippen LogP contribution in [0.15, 0.2) is 29.2 Å². The maximum absolute atomic E-state index is 11.9. The summed E-state index contributed by atoms with van der Waals surface area (Å²) in [6.07, 6.45) is 1.68. The van der Waals surface area contributed by atoms with Crippen molar-refractivity contribution in [1.82, 2.24) is 0 Å². The van der Waals surface area contributed by atoms with Crippen molar-refractivity contribution < 1.29 is 13.2 Å². The minimum Gasteiger partial charge on any atom is -0.491 e. The summed E-state index contributed by atoms with van der Waals surface area (Å²) in [6, 6.07) is 6.64. The van der Waals surface area contributed by atoms with Gasteiger partial charge in [-0.2, -0.15) is 0 Å². The van der Waals surface area contributed by atoms with E-state index in [2.05, 4.69) is 0 Å². The highest BCUT2D eigenvalue weighted by atomic mass is 32.2. The van der Waals surface area contributed by atoms with E-state index in [1.807, 2.05) is 20.8 Å². The Hall–Kier alpha value is -1.03. The van der Waals surface area contributed by atoms with Gasteiger partial charge in [-0.1, -0.05) is 13.3 Å². The number of unbranched alkanes of at least 4 members (excludes halogenated alkanes) is 1. The Bertz CT molecular complexity index is 432. The molecule has 0 aliphatic rings. The average molecular weight is 256 g/mol. The molecule has 0 fully saturated rings. The van der Waals surface area contributed by atoms with Crippen LogP contribution >= 0.6 is 0 Å². The standard InChI is InChI=1S/C13H20O3S/c1-4-5-10-17(14,15)13-8-6-12(7-9-13)16-11(2)3/h6-9,11H,4-5,10H2,1-3H3. The van der Waals surface area contributed by atoms with Crippen LogP contribution in [-0.2, 0) is 9.84 Å². The van der Waals surface area contributed by atoms with E-state index < -0.39 is 9.84 Å². The molecule has 0 radical (unpaired) electrons. The van der Waals surface area contributed by atoms with Crippen LogP contribution in [0, 0.1) is 0 Å². The van der Waals surface area contributed by atoms with E-state index >= 15 is 0 Å². The monoisotopic (exact) mass is 256 g/mol. The van der Waals surface area contributed by atoms with Gasteiger partial charge in [-0.05, 0) is 44.5 Å². The van der Waals surface area contributed by atoms with Crippen LogP contribution in [0.5, 0.6) is 5.75 Å². The normalized spacial score (nSPS) is 11.8. The summed E-state index contributed by atoms with van der Waals surface area (Å²) in [5, 5.41) is 0. The molecule has 0 atom stereocenters. The number of rotatable bonds is 6. The summed E-state index contributed by atoms with van der Waals surface area (Å²) >= 11 is 0. The third-order valence-electron chi connectivity index (χ3n) is 2.32. The van der Waals surface area contributed by atoms with Gasteiger partial charge in [-0.25, -0.2) is 8.42 Å². The largest absolute Gasteiger partial charge is 0.491 e. The van der Waals surface area contributed by atoms with Gasteiger partial charge in [0.25, 0.3) is 0 Å². The zero-order valence-corrected chi connectivity index (χ0v) is 11.5. The van der Waals surface area contributed by atoms with Crippen LogP contribution in [0.25, 0.3) is 0 Å². The molecule has 1 rings (SSSR count). The molecule has 0 saturated carbocycles. The van der Waals surface area contributed by atoms with Gasteiger partial charge in [-0.15, -0.1) is 0 Å².